The van der Waals surface area contributed by atoms with Crippen molar-refractivity contribution < 1.29 is 27.6 Å². The molecule has 2 N–H and O–H groups in total. The number of nitrogens with zero attached hydrogens (tertiary/aromatic N) is 2. The number of anilines is 1. The molecular formula is C21H19F3N4O4S. The van der Waals surface area contributed by atoms with Crippen molar-refractivity contribution in [2.45, 2.75) is 19.7 Å². The van der Waals surface area contributed by atoms with E-state index < -0.39 is 28.3 Å². The highest BCUT2D eigenvalue weighted by molar-refractivity contribution is 7.09. The topological polar surface area (TPSA) is 106 Å². The fourth-order valence-electron chi connectivity index (χ4n) is 2.88. The number of carbonyl (C=O) groups is 1. The van der Waals surface area contributed by atoms with E-state index in [1.54, 1.807) is 24.3 Å². The summed E-state index contributed by atoms with van der Waals surface area (Å²) in [6.07, 6.45) is -4.69. The molecule has 0 saturated heterocycles. The molecule has 0 aliphatic heterocycles. The molecule has 33 heavy (non-hydrogen) atoms. The lowest BCUT2D eigenvalue weighted by molar-refractivity contribution is -0.384. The van der Waals surface area contributed by atoms with Crippen LogP contribution in [0.25, 0.3) is 0 Å². The molecule has 8 nitrogen and oxygen atoms in total. The molecule has 0 unspecified atom stereocenters. The zero-order valence-corrected chi connectivity index (χ0v) is 18.1. The molecule has 1 heterocycles. The third-order valence-electron chi connectivity index (χ3n) is 4.42. The lowest BCUT2D eigenvalue weighted by atomic mass is 10.1. The van der Waals surface area contributed by atoms with Crippen LogP contribution in [0.1, 0.15) is 26.6 Å². The second kappa shape index (κ2) is 10.3. The Labute approximate surface area is 190 Å². The minimum atomic E-state index is -4.69. The van der Waals surface area contributed by atoms with E-state index >= 15 is 0 Å². The Balaban J connectivity index is 1.57. The Morgan fingerprint density at radius 2 is 1.97 bits per heavy atom. The van der Waals surface area contributed by atoms with E-state index in [0.29, 0.717) is 17.4 Å². The number of aromatic nitrogens is 1. The molecule has 1 amide bonds. The molecule has 1 aromatic heterocycles. The second-order valence-corrected chi connectivity index (χ2v) is 7.87. The summed E-state index contributed by atoms with van der Waals surface area (Å²) in [5, 5.41) is 19.2. The molecule has 174 valence electrons. The van der Waals surface area contributed by atoms with Crippen LogP contribution < -0.4 is 15.4 Å². The number of hydrogen-bond acceptors (Lipinski definition) is 7. The summed E-state index contributed by atoms with van der Waals surface area (Å²) >= 11 is 1.49. The van der Waals surface area contributed by atoms with Crippen molar-refractivity contribution in [3.63, 3.8) is 0 Å². The van der Waals surface area contributed by atoms with E-state index in [2.05, 4.69) is 15.6 Å². The summed E-state index contributed by atoms with van der Waals surface area (Å²) in [5.41, 5.74) is -0.853. The maximum absolute atomic E-state index is 12.8. The zero-order valence-electron chi connectivity index (χ0n) is 17.3. The van der Waals surface area contributed by atoms with Gasteiger partial charge in [0.2, 0.25) is 0 Å². The number of alkyl halides is 3. The summed E-state index contributed by atoms with van der Waals surface area (Å²) in [6, 6.07) is 8.86. The lowest BCUT2D eigenvalue weighted by Gasteiger charge is -2.12. The van der Waals surface area contributed by atoms with E-state index in [4.69, 9.17) is 4.74 Å². The lowest BCUT2D eigenvalue weighted by Crippen LogP contribution is -2.29. The van der Waals surface area contributed by atoms with Crippen molar-refractivity contribution in [2.75, 3.05) is 18.4 Å². The molecule has 0 atom stereocenters. The van der Waals surface area contributed by atoms with Crippen LogP contribution in [0.4, 0.5) is 24.5 Å². The number of rotatable bonds is 9. The average molecular weight is 480 g/mol. The molecule has 0 aliphatic rings. The number of para-hydroxylation sites is 1. The zero-order chi connectivity index (χ0) is 24.0. The molecule has 0 aliphatic carbocycles. The van der Waals surface area contributed by atoms with E-state index in [-0.39, 0.29) is 25.4 Å². The highest BCUT2D eigenvalue weighted by atomic mass is 32.1. The first-order valence-corrected chi connectivity index (χ1v) is 10.5. The van der Waals surface area contributed by atoms with Gasteiger partial charge in [-0.05, 0) is 31.2 Å². The van der Waals surface area contributed by atoms with Crippen LogP contribution in [0.5, 0.6) is 5.75 Å². The molecule has 0 radical (unpaired) electrons. The van der Waals surface area contributed by atoms with Gasteiger partial charge in [0.15, 0.2) is 0 Å². The number of ether oxygens (including phenoxy) is 1. The van der Waals surface area contributed by atoms with Gasteiger partial charge < -0.3 is 15.4 Å². The van der Waals surface area contributed by atoms with Crippen LogP contribution in [-0.2, 0) is 12.8 Å². The third kappa shape index (κ3) is 6.42. The number of nitro benzene ring substituents is 1. The first-order chi connectivity index (χ1) is 15.6. The van der Waals surface area contributed by atoms with Crippen LogP contribution in [0.2, 0.25) is 0 Å². The number of nitrogens with one attached hydrogen (secondary N) is 2. The fraction of sp³-hybridized carbons (Fsp3) is 0.238. The van der Waals surface area contributed by atoms with Gasteiger partial charge in [-0.2, -0.15) is 13.2 Å². The molecule has 2 aromatic carbocycles. The molecule has 0 fully saturated rings. The Hall–Kier alpha value is -3.67. The van der Waals surface area contributed by atoms with Gasteiger partial charge in [0, 0.05) is 24.5 Å². The van der Waals surface area contributed by atoms with E-state index in [1.807, 2.05) is 12.3 Å². The molecule has 0 bridgehead atoms. The quantitative estimate of drug-likeness (QED) is 0.259. The number of carbonyl (C=O) groups excluding carboxylic acids is 1. The number of amides is 1. The molecule has 0 spiro atoms. The van der Waals surface area contributed by atoms with Gasteiger partial charge in [0.05, 0.1) is 26.8 Å². The number of aryl methyl sites for hydroxylation is 1. The minimum Gasteiger partial charge on any atom is -0.486 e. The van der Waals surface area contributed by atoms with Gasteiger partial charge in [-0.15, -0.1) is 11.3 Å². The van der Waals surface area contributed by atoms with Crippen LogP contribution in [-0.4, -0.2) is 28.9 Å². The smallest absolute Gasteiger partial charge is 0.416 e. The van der Waals surface area contributed by atoms with Crippen molar-refractivity contribution in [3.8, 4) is 5.75 Å². The first-order valence-electron chi connectivity index (χ1n) is 9.65. The maximum atomic E-state index is 12.8. The van der Waals surface area contributed by atoms with Gasteiger partial charge >= 0.3 is 6.18 Å². The fourth-order valence-corrected chi connectivity index (χ4v) is 3.48. The molecule has 3 aromatic rings. The SMILES string of the molecule is Cc1nc(COc2ccccc2C(=O)NCCNc2ccc(C(F)(F)F)cc2[N+](=O)[O-])cs1. The molecule has 0 saturated carbocycles. The van der Waals surface area contributed by atoms with Crippen molar-refractivity contribution in [3.05, 3.63) is 79.8 Å². The highest BCUT2D eigenvalue weighted by Gasteiger charge is 2.33. The number of nitro groups is 1. The maximum Gasteiger partial charge on any atom is 0.416 e. The summed E-state index contributed by atoms with van der Waals surface area (Å²) in [5.74, 6) is -0.0595. The Bertz CT molecular complexity index is 1150. The number of hydrogen-bond donors (Lipinski definition) is 2. The van der Waals surface area contributed by atoms with Crippen LogP contribution in [0.3, 0.4) is 0 Å². The standard InChI is InChI=1S/C21H19F3N4O4S/c1-13-27-15(12-33-13)11-32-19-5-3-2-4-16(19)20(29)26-9-8-25-17-7-6-14(21(22,23)24)10-18(17)28(30)31/h2-7,10,12,25H,8-9,11H2,1H3,(H,26,29). The number of benzene rings is 2. The molecular weight excluding hydrogens is 461 g/mol. The third-order valence-corrected chi connectivity index (χ3v) is 5.24. The van der Waals surface area contributed by atoms with Crippen LogP contribution in [0.15, 0.2) is 47.8 Å². The highest BCUT2D eigenvalue weighted by Crippen LogP contribution is 2.34. The van der Waals surface area contributed by atoms with Gasteiger partial charge in [0.25, 0.3) is 11.6 Å². The monoisotopic (exact) mass is 480 g/mol. The summed E-state index contributed by atoms with van der Waals surface area (Å²) in [4.78, 5) is 27.1. The summed E-state index contributed by atoms with van der Waals surface area (Å²) in [6.45, 7) is 2.20. The summed E-state index contributed by atoms with van der Waals surface area (Å²) < 4.78 is 44.1. The van der Waals surface area contributed by atoms with E-state index in [9.17, 15) is 28.1 Å². The Morgan fingerprint density at radius 1 is 1.21 bits per heavy atom. The first kappa shape index (κ1) is 24.0. The van der Waals surface area contributed by atoms with Crippen molar-refractivity contribution in [1.29, 1.82) is 0 Å². The molecule has 12 heteroatoms. The van der Waals surface area contributed by atoms with E-state index in [1.165, 1.54) is 11.3 Å². The number of thiazole rings is 1. The second-order valence-electron chi connectivity index (χ2n) is 6.81. The largest absolute Gasteiger partial charge is 0.486 e. The number of halogens is 3. The van der Waals surface area contributed by atoms with Crippen molar-refractivity contribution in [1.82, 2.24) is 10.3 Å². The van der Waals surface area contributed by atoms with Gasteiger partial charge in [-0.3, -0.25) is 14.9 Å². The van der Waals surface area contributed by atoms with Gasteiger partial charge in [0.1, 0.15) is 18.0 Å². The van der Waals surface area contributed by atoms with Gasteiger partial charge in [-0.25, -0.2) is 4.98 Å². The van der Waals surface area contributed by atoms with E-state index in [0.717, 1.165) is 22.8 Å². The molecule has 3 rings (SSSR count). The average Bonchev–Trinajstić information content (AvgIpc) is 3.19. The minimum absolute atomic E-state index is 0.0546. The predicted octanol–water partition coefficient (Wildman–Crippen LogP) is 4.80. The normalized spacial score (nSPS) is 11.2. The van der Waals surface area contributed by atoms with Crippen LogP contribution >= 0.6 is 11.3 Å². The predicted molar refractivity (Wildman–Crippen MR) is 117 cm³/mol. The Kier molecular flexibility index (Phi) is 7.48. The van der Waals surface area contributed by atoms with Crippen molar-refractivity contribution in [2.24, 2.45) is 0 Å². The van der Waals surface area contributed by atoms with Crippen molar-refractivity contribution >= 4 is 28.6 Å². The van der Waals surface area contributed by atoms with Crippen LogP contribution in [0, 0.1) is 17.0 Å². The van der Waals surface area contributed by atoms with Gasteiger partial charge in [-0.1, -0.05) is 12.1 Å². The summed E-state index contributed by atoms with van der Waals surface area (Å²) in [7, 11) is 0. The Morgan fingerprint density at radius 3 is 2.64 bits per heavy atom.